The highest BCUT2D eigenvalue weighted by Crippen LogP contribution is 2.31. The highest BCUT2D eigenvalue weighted by molar-refractivity contribution is 7.09. The highest BCUT2D eigenvalue weighted by Gasteiger charge is 2.43. The lowest BCUT2D eigenvalue weighted by molar-refractivity contribution is -0.148. The monoisotopic (exact) mass is 884 g/mol. The summed E-state index contributed by atoms with van der Waals surface area (Å²) in [5, 5.41) is 8.96. The molecule has 62 heavy (non-hydrogen) atoms. The Morgan fingerprint density at radius 2 is 1.61 bits per heavy atom. The quantitative estimate of drug-likeness (QED) is 0.102. The van der Waals surface area contributed by atoms with Crippen molar-refractivity contribution in [2.24, 2.45) is 29.4 Å². The van der Waals surface area contributed by atoms with E-state index in [1.165, 1.54) is 16.2 Å². The van der Waals surface area contributed by atoms with Gasteiger partial charge in [-0.05, 0) is 62.0 Å². The van der Waals surface area contributed by atoms with Crippen molar-refractivity contribution in [2.45, 2.75) is 149 Å². The van der Waals surface area contributed by atoms with E-state index in [4.69, 9.17) is 15.2 Å². The fourth-order valence-corrected chi connectivity index (χ4v) is 9.58. The van der Waals surface area contributed by atoms with Crippen molar-refractivity contribution < 1.29 is 33.4 Å². The van der Waals surface area contributed by atoms with Crippen molar-refractivity contribution in [3.05, 3.63) is 52.5 Å². The second-order valence-corrected chi connectivity index (χ2v) is 18.7. The van der Waals surface area contributed by atoms with E-state index in [2.05, 4.69) is 15.6 Å². The summed E-state index contributed by atoms with van der Waals surface area (Å²) in [4.78, 5) is 79.5. The first-order valence-corrected chi connectivity index (χ1v) is 23.5. The van der Waals surface area contributed by atoms with Gasteiger partial charge in [-0.1, -0.05) is 91.6 Å². The molecule has 3 rings (SSSR count). The molecule has 1 aliphatic heterocycles. The molecule has 0 bridgehead atoms. The fourth-order valence-electron chi connectivity index (χ4n) is 8.89. The minimum absolute atomic E-state index is 0.00610. The van der Waals surface area contributed by atoms with Gasteiger partial charge in [-0.25, -0.2) is 4.98 Å². The van der Waals surface area contributed by atoms with Gasteiger partial charge in [0.1, 0.15) is 17.1 Å². The molecule has 4 N–H and O–H groups in total. The zero-order valence-corrected chi connectivity index (χ0v) is 40.1. The van der Waals surface area contributed by atoms with Crippen LogP contribution >= 0.6 is 11.3 Å². The molecule has 15 heteroatoms. The Morgan fingerprint density at radius 1 is 0.919 bits per heavy atom. The summed E-state index contributed by atoms with van der Waals surface area (Å²) in [7, 11) is 6.51. The maximum Gasteiger partial charge on any atom is 0.245 e. The smallest absolute Gasteiger partial charge is 0.245 e. The number of likely N-dealkylation sites (tertiary alicyclic amines) is 1. The molecule has 1 aromatic carbocycles. The zero-order chi connectivity index (χ0) is 46.1. The van der Waals surface area contributed by atoms with E-state index >= 15 is 0 Å². The first kappa shape index (κ1) is 52.4. The van der Waals surface area contributed by atoms with Gasteiger partial charge in [-0.15, -0.1) is 11.3 Å². The van der Waals surface area contributed by atoms with Crippen molar-refractivity contribution in [2.75, 3.05) is 41.4 Å². The molecule has 0 spiro atoms. The average Bonchev–Trinajstić information content (AvgIpc) is 3.97. The number of hydrogen-bond donors (Lipinski definition) is 3. The van der Waals surface area contributed by atoms with Gasteiger partial charge in [-0.3, -0.25) is 24.0 Å². The van der Waals surface area contributed by atoms with E-state index in [1.54, 1.807) is 39.4 Å². The van der Waals surface area contributed by atoms with Crippen LogP contribution in [0.2, 0.25) is 0 Å². The number of nitrogens with zero attached hydrogens (tertiary/aromatic N) is 4. The van der Waals surface area contributed by atoms with E-state index in [9.17, 15) is 24.0 Å². The number of ether oxygens (including phenoxy) is 2. The molecule has 1 saturated heterocycles. The lowest BCUT2D eigenvalue weighted by atomic mass is 9.89. The zero-order valence-electron chi connectivity index (χ0n) is 39.3. The van der Waals surface area contributed by atoms with Gasteiger partial charge in [-0.2, -0.15) is 0 Å². The van der Waals surface area contributed by atoms with Crippen molar-refractivity contribution in [1.82, 2.24) is 30.3 Å². The first-order valence-electron chi connectivity index (χ1n) is 22.6. The van der Waals surface area contributed by atoms with Gasteiger partial charge < -0.3 is 40.5 Å². The third kappa shape index (κ3) is 14.3. The fraction of sp³-hybridized carbons (Fsp3) is 0.702. The molecule has 2 aromatic rings. The predicted molar refractivity (Wildman–Crippen MR) is 245 cm³/mol. The van der Waals surface area contributed by atoms with Crippen LogP contribution in [0.1, 0.15) is 116 Å². The summed E-state index contributed by atoms with van der Waals surface area (Å²) in [6, 6.07) is 7.16. The van der Waals surface area contributed by atoms with E-state index in [1.807, 2.05) is 89.1 Å². The van der Waals surface area contributed by atoms with Crippen LogP contribution in [0.25, 0.3) is 0 Å². The van der Waals surface area contributed by atoms with Crippen molar-refractivity contribution in [3.63, 3.8) is 0 Å². The summed E-state index contributed by atoms with van der Waals surface area (Å²) in [6.45, 7) is 14.5. The summed E-state index contributed by atoms with van der Waals surface area (Å²) in [5.74, 6) is -2.25. The number of nitrogens with one attached hydrogen (secondary N) is 2. The summed E-state index contributed by atoms with van der Waals surface area (Å²) in [6.07, 6.45) is 5.92. The topological polar surface area (TPSA) is 176 Å². The molecular weight excluding hydrogens is 807 g/mol. The molecule has 0 aliphatic carbocycles. The highest BCUT2D eigenvalue weighted by atomic mass is 32.1. The first-order chi connectivity index (χ1) is 29.5. The number of unbranched alkanes of at least 4 members (excludes halogenated alkanes) is 2. The van der Waals surface area contributed by atoms with Gasteiger partial charge in [0.2, 0.25) is 29.5 Å². The van der Waals surface area contributed by atoms with Crippen LogP contribution in [0.5, 0.6) is 0 Å². The van der Waals surface area contributed by atoms with Crippen LogP contribution < -0.4 is 16.4 Å². The Bertz CT molecular complexity index is 1680. The molecule has 1 fully saturated rings. The van der Waals surface area contributed by atoms with Gasteiger partial charge in [0.15, 0.2) is 0 Å². The number of thiazole rings is 1. The molecule has 348 valence electrons. The van der Waals surface area contributed by atoms with Crippen LogP contribution in [0.4, 0.5) is 0 Å². The van der Waals surface area contributed by atoms with Crippen LogP contribution in [0.3, 0.4) is 0 Å². The minimum atomic E-state index is -0.887. The van der Waals surface area contributed by atoms with Gasteiger partial charge in [0, 0.05) is 52.9 Å². The summed E-state index contributed by atoms with van der Waals surface area (Å²) >= 11 is 1.50. The molecule has 14 nitrogen and oxygen atoms in total. The van der Waals surface area contributed by atoms with Crippen molar-refractivity contribution in [1.29, 1.82) is 0 Å². The number of hydrogen-bond acceptors (Lipinski definition) is 10. The number of methoxy groups -OCH3 is 2. The molecule has 0 radical (unpaired) electrons. The maximum atomic E-state index is 14.5. The van der Waals surface area contributed by atoms with Crippen LogP contribution in [-0.4, -0.2) is 127 Å². The number of carbonyl (C=O) groups is 5. The normalized spacial score (nSPS) is 18.0. The van der Waals surface area contributed by atoms with E-state index in [0.29, 0.717) is 45.2 Å². The number of nitrogens with two attached hydrogens (primary N) is 1. The maximum absolute atomic E-state index is 14.5. The second kappa shape index (κ2) is 26.0. The Hall–Kier alpha value is -3.92. The van der Waals surface area contributed by atoms with Gasteiger partial charge >= 0.3 is 0 Å². The largest absolute Gasteiger partial charge is 0.379 e. The molecule has 1 unspecified atom stereocenters. The summed E-state index contributed by atoms with van der Waals surface area (Å²) < 4.78 is 12.1. The number of aromatic nitrogens is 1. The number of rotatable bonds is 26. The van der Waals surface area contributed by atoms with E-state index in [-0.39, 0.29) is 65.8 Å². The standard InChI is InChI=1S/C47H77N7O7S/c1-12-32(6)42(53(9)47(59)40(30(2)3)51-45(58)41(31(4)5)52(8)38(55)23-17-14-18-24-48)37(60-10)29-39(56)54-26-19-22-36(54)43(61-11)33(7)44(57)50-35(46-49-25-27-62-46)28-34-20-15-13-16-21-34/h13,15-16,20-21,25,27,30-33,35-37,40-43H,12,14,17-19,22-24,26,28-29,48H2,1-11H3,(H,50,57)(H,51,58)/t32-,33+,35-,36-,37+,40-,41?,42-,43+/m0/s1. The van der Waals surface area contributed by atoms with Crippen LogP contribution in [0.15, 0.2) is 41.9 Å². The lowest BCUT2D eigenvalue weighted by Gasteiger charge is -2.41. The minimum Gasteiger partial charge on any atom is -0.379 e. The Balaban J connectivity index is 1.78. The number of amides is 5. The average molecular weight is 884 g/mol. The van der Waals surface area contributed by atoms with Gasteiger partial charge in [0.05, 0.1) is 42.7 Å². The number of likely N-dealkylation sites (N-methyl/N-ethyl adjacent to an activating group) is 2. The molecule has 0 saturated carbocycles. The molecule has 2 heterocycles. The SMILES string of the molecule is CC[C@H](C)[C@@H]([C@@H](CC(=O)N1CCC[C@H]1[C@H](OC)[C@@H](C)C(=O)N[C@@H](Cc1ccccc1)c1nccs1)OC)N(C)C(=O)[C@@H](NC(=O)C(C(C)C)N(C)C(=O)CCCCCN)C(C)C. The Morgan fingerprint density at radius 3 is 2.18 bits per heavy atom. The molecular formula is C47H77N7O7S. The summed E-state index contributed by atoms with van der Waals surface area (Å²) in [5.41, 5.74) is 6.70. The van der Waals surface area contributed by atoms with E-state index < -0.39 is 36.3 Å². The number of benzene rings is 1. The second-order valence-electron chi connectivity index (χ2n) is 17.7. The Labute approximate surface area is 375 Å². The lowest BCUT2D eigenvalue weighted by Crippen LogP contribution is -2.60. The van der Waals surface area contributed by atoms with Gasteiger partial charge in [0.25, 0.3) is 0 Å². The molecule has 9 atom stereocenters. The molecule has 1 aromatic heterocycles. The van der Waals surface area contributed by atoms with Crippen molar-refractivity contribution >= 4 is 40.9 Å². The predicted octanol–water partition coefficient (Wildman–Crippen LogP) is 5.61. The van der Waals surface area contributed by atoms with Crippen molar-refractivity contribution in [3.8, 4) is 0 Å². The van der Waals surface area contributed by atoms with E-state index in [0.717, 1.165) is 29.8 Å². The third-order valence-corrected chi connectivity index (χ3v) is 13.5. The third-order valence-electron chi connectivity index (χ3n) is 12.6. The van der Waals surface area contributed by atoms with Crippen LogP contribution in [-0.2, 0) is 39.9 Å². The molecule has 1 aliphatic rings. The molecule has 5 amide bonds. The van der Waals surface area contributed by atoms with Crippen LogP contribution in [0, 0.1) is 23.7 Å². The Kier molecular flexibility index (Phi) is 22.0. The number of carbonyl (C=O) groups excluding carboxylic acids is 5.